The molecule has 6 nitrogen and oxygen atoms in total. The van der Waals surface area contributed by atoms with Crippen molar-refractivity contribution in [2.45, 2.75) is 71.5 Å². The number of unbranched alkanes of at least 4 members (excludes halogenated alkanes) is 2. The minimum atomic E-state index is -0.649. The number of hydrogen-bond acceptors (Lipinski definition) is 3. The van der Waals surface area contributed by atoms with Gasteiger partial charge in [-0.2, -0.15) is 5.10 Å². The molecule has 1 unspecified atom stereocenters. The number of halogens is 1. The molecule has 1 aromatic carbocycles. The molecule has 0 radical (unpaired) electrons. The van der Waals surface area contributed by atoms with Crippen molar-refractivity contribution in [1.82, 2.24) is 20.4 Å². The summed E-state index contributed by atoms with van der Waals surface area (Å²) >= 11 is 0. The van der Waals surface area contributed by atoms with Crippen LogP contribution in [0.3, 0.4) is 0 Å². The van der Waals surface area contributed by atoms with Gasteiger partial charge < -0.3 is 10.6 Å². The first kappa shape index (κ1) is 21.3. The van der Waals surface area contributed by atoms with Crippen molar-refractivity contribution in [2.75, 3.05) is 6.67 Å². The zero-order valence-corrected chi connectivity index (χ0v) is 17.5. The fourth-order valence-electron chi connectivity index (χ4n) is 3.39. The number of rotatable bonds is 9. The van der Waals surface area contributed by atoms with E-state index in [2.05, 4.69) is 15.7 Å². The smallest absolute Gasteiger partial charge is 0.273 e. The minimum absolute atomic E-state index is 0.150. The van der Waals surface area contributed by atoms with Crippen LogP contribution in [0.4, 0.5) is 4.39 Å². The molecule has 158 valence electrons. The molecule has 7 heteroatoms. The lowest BCUT2D eigenvalue weighted by molar-refractivity contribution is -0.125. The molecule has 2 N–H and O–H groups in total. The molecule has 3 rings (SSSR count). The molecule has 0 saturated heterocycles. The normalized spacial score (nSPS) is 15.3. The van der Waals surface area contributed by atoms with E-state index in [1.54, 1.807) is 4.68 Å². The summed E-state index contributed by atoms with van der Waals surface area (Å²) in [5.74, 6) is -0.502. The van der Waals surface area contributed by atoms with Gasteiger partial charge in [0.05, 0.1) is 12.2 Å². The first-order valence-electron chi connectivity index (χ1n) is 10.4. The molecule has 0 spiro atoms. The van der Waals surface area contributed by atoms with Crippen molar-refractivity contribution in [3.63, 3.8) is 0 Å². The van der Waals surface area contributed by atoms with Gasteiger partial charge in [-0.05, 0) is 43.6 Å². The highest BCUT2D eigenvalue weighted by Crippen LogP contribution is 2.25. The van der Waals surface area contributed by atoms with Gasteiger partial charge in [-0.3, -0.25) is 18.7 Å². The van der Waals surface area contributed by atoms with Crippen molar-refractivity contribution in [1.29, 1.82) is 0 Å². The van der Waals surface area contributed by atoms with Crippen molar-refractivity contribution in [3.05, 3.63) is 30.0 Å². The molecular weight excluding hydrogens is 371 g/mol. The second kappa shape index (κ2) is 8.93. The second-order valence-corrected chi connectivity index (χ2v) is 8.89. The highest BCUT2D eigenvalue weighted by molar-refractivity contribution is 6.06. The number of hydrogen-bond donors (Lipinski definition) is 2. The lowest BCUT2D eigenvalue weighted by Crippen LogP contribution is -2.54. The van der Waals surface area contributed by atoms with Crippen LogP contribution in [-0.4, -0.2) is 40.4 Å². The zero-order valence-electron chi connectivity index (χ0n) is 17.5. The van der Waals surface area contributed by atoms with Crippen molar-refractivity contribution in [2.24, 2.45) is 5.41 Å². The maximum Gasteiger partial charge on any atom is 0.273 e. The summed E-state index contributed by atoms with van der Waals surface area (Å²) in [6, 6.07) is 7.15. The Morgan fingerprint density at radius 1 is 1.21 bits per heavy atom. The van der Waals surface area contributed by atoms with Crippen molar-refractivity contribution in [3.8, 4) is 0 Å². The van der Waals surface area contributed by atoms with E-state index < -0.39 is 11.5 Å². The molecule has 2 aromatic rings. The Kier molecular flexibility index (Phi) is 6.55. The third kappa shape index (κ3) is 5.34. The van der Waals surface area contributed by atoms with Crippen LogP contribution in [0.5, 0.6) is 0 Å². The first-order valence-corrected chi connectivity index (χ1v) is 10.4. The monoisotopic (exact) mass is 402 g/mol. The lowest BCUT2D eigenvalue weighted by atomic mass is 9.86. The highest BCUT2D eigenvalue weighted by Gasteiger charge is 2.36. The summed E-state index contributed by atoms with van der Waals surface area (Å²) in [5.41, 5.74) is 0.756. The molecule has 1 fully saturated rings. The number of amides is 2. The summed E-state index contributed by atoms with van der Waals surface area (Å²) in [4.78, 5) is 25.8. The maximum absolute atomic E-state index is 13.1. The number of fused-ring (bicyclic) bond motifs is 1. The molecule has 1 aliphatic rings. The van der Waals surface area contributed by atoms with Gasteiger partial charge in [-0.15, -0.1) is 0 Å². The molecule has 1 aromatic heterocycles. The number of nitrogens with one attached hydrogen (secondary N) is 2. The Morgan fingerprint density at radius 2 is 1.93 bits per heavy atom. The van der Waals surface area contributed by atoms with Crippen LogP contribution in [0.25, 0.3) is 10.9 Å². The van der Waals surface area contributed by atoms with Crippen molar-refractivity contribution < 1.29 is 14.0 Å². The summed E-state index contributed by atoms with van der Waals surface area (Å²) in [5, 5.41) is 11.2. The number of nitrogens with zero attached hydrogens (tertiary/aromatic N) is 2. The van der Waals surface area contributed by atoms with Crippen LogP contribution in [0.1, 0.15) is 63.4 Å². The Balaban J connectivity index is 1.80. The topological polar surface area (TPSA) is 76.0 Å². The first-order chi connectivity index (χ1) is 13.8. The van der Waals surface area contributed by atoms with Crippen LogP contribution in [0.15, 0.2) is 24.3 Å². The number of para-hydroxylation sites is 1. The Bertz CT molecular complexity index is 867. The van der Waals surface area contributed by atoms with E-state index in [9.17, 15) is 14.0 Å². The van der Waals surface area contributed by atoms with Gasteiger partial charge in [-0.1, -0.05) is 39.0 Å². The predicted molar refractivity (Wildman–Crippen MR) is 111 cm³/mol. The second-order valence-electron chi connectivity index (χ2n) is 8.89. The number of aryl methyl sites for hydroxylation is 1. The average molecular weight is 403 g/mol. The van der Waals surface area contributed by atoms with Gasteiger partial charge in [0.1, 0.15) is 6.04 Å². The number of aromatic nitrogens is 2. The van der Waals surface area contributed by atoms with Crippen LogP contribution in [-0.2, 0) is 11.3 Å². The predicted octanol–water partition coefficient (Wildman–Crippen LogP) is 3.60. The van der Waals surface area contributed by atoms with Crippen LogP contribution in [0, 0.1) is 5.41 Å². The fraction of sp³-hybridized carbons (Fsp3) is 0.591. The van der Waals surface area contributed by atoms with Gasteiger partial charge in [0, 0.05) is 18.0 Å². The minimum Gasteiger partial charge on any atom is -0.352 e. The van der Waals surface area contributed by atoms with E-state index in [0.717, 1.165) is 36.6 Å². The Labute approximate surface area is 171 Å². The lowest BCUT2D eigenvalue weighted by Gasteiger charge is -2.30. The molecular formula is C22H31FN4O2. The highest BCUT2D eigenvalue weighted by atomic mass is 19.1. The molecule has 0 bridgehead atoms. The van der Waals surface area contributed by atoms with E-state index in [1.165, 1.54) is 0 Å². The third-order valence-corrected chi connectivity index (χ3v) is 5.20. The van der Waals surface area contributed by atoms with Gasteiger partial charge in [0.25, 0.3) is 5.91 Å². The Hall–Kier alpha value is -2.44. The molecule has 1 saturated carbocycles. The van der Waals surface area contributed by atoms with E-state index in [0.29, 0.717) is 18.7 Å². The summed E-state index contributed by atoms with van der Waals surface area (Å²) < 4.78 is 14.1. The van der Waals surface area contributed by atoms with E-state index in [1.807, 2.05) is 45.0 Å². The molecule has 1 heterocycles. The molecule has 1 atom stereocenters. The summed E-state index contributed by atoms with van der Waals surface area (Å²) in [6.07, 6.45) is 4.10. The largest absolute Gasteiger partial charge is 0.352 e. The SMILES string of the molecule is CC(C)(C)C(NC(=O)c1nn(CCCCCF)c2ccccc12)C(=O)NC1CC1. The maximum atomic E-state index is 13.1. The molecule has 29 heavy (non-hydrogen) atoms. The molecule has 0 aliphatic heterocycles. The third-order valence-electron chi connectivity index (χ3n) is 5.20. The zero-order chi connectivity index (χ0) is 21.0. The summed E-state index contributed by atoms with van der Waals surface area (Å²) in [7, 11) is 0. The van der Waals surface area contributed by atoms with Gasteiger partial charge in [0.15, 0.2) is 5.69 Å². The van der Waals surface area contributed by atoms with Gasteiger partial charge >= 0.3 is 0 Å². The number of alkyl halides is 1. The van der Waals surface area contributed by atoms with E-state index in [-0.39, 0.29) is 24.5 Å². The molecule has 2 amide bonds. The number of carbonyl (C=O) groups excluding carboxylic acids is 2. The van der Waals surface area contributed by atoms with Crippen LogP contribution >= 0.6 is 0 Å². The van der Waals surface area contributed by atoms with Gasteiger partial charge in [-0.25, -0.2) is 0 Å². The average Bonchev–Trinajstić information content (AvgIpc) is 3.41. The van der Waals surface area contributed by atoms with Gasteiger partial charge in [0.2, 0.25) is 5.91 Å². The van der Waals surface area contributed by atoms with Crippen LogP contribution in [0.2, 0.25) is 0 Å². The Morgan fingerprint density at radius 3 is 2.59 bits per heavy atom. The quantitative estimate of drug-likeness (QED) is 0.629. The van der Waals surface area contributed by atoms with Crippen LogP contribution < -0.4 is 10.6 Å². The fourth-order valence-corrected chi connectivity index (χ4v) is 3.39. The molecule has 1 aliphatic carbocycles. The number of benzene rings is 1. The van der Waals surface area contributed by atoms with Crippen molar-refractivity contribution >= 4 is 22.7 Å². The summed E-state index contributed by atoms with van der Waals surface area (Å²) in [6.45, 7) is 6.12. The standard InChI is InChI=1S/C22H31FN4O2/c1-22(2,3)19(21(29)24-15-11-12-15)25-20(28)18-16-9-5-6-10-17(16)27(26-18)14-8-4-7-13-23/h5-6,9-10,15,19H,4,7-8,11-14H2,1-3H3,(H,24,29)(H,25,28). The van der Waals surface area contributed by atoms with E-state index >= 15 is 0 Å². The number of carbonyl (C=O) groups is 2. The van der Waals surface area contributed by atoms with E-state index in [4.69, 9.17) is 0 Å².